The summed E-state index contributed by atoms with van der Waals surface area (Å²) in [5.74, 6) is -0.339. The summed E-state index contributed by atoms with van der Waals surface area (Å²) in [6, 6.07) is 12.1. The van der Waals surface area contributed by atoms with Gasteiger partial charge >= 0.3 is 11.8 Å². The number of aryl methyl sites for hydroxylation is 3. The van der Waals surface area contributed by atoms with Gasteiger partial charge in [-0.05, 0) is 69.1 Å². The number of carbonyl (C=O) groups is 2. The molecule has 1 aliphatic heterocycles. The van der Waals surface area contributed by atoms with Crippen LogP contribution < -0.4 is 20.3 Å². The molecule has 0 aromatic heterocycles. The molecule has 32 heavy (non-hydrogen) atoms. The summed E-state index contributed by atoms with van der Waals surface area (Å²) >= 11 is 0. The largest absolute Gasteiger partial charge is 0.497 e. The third-order valence-corrected chi connectivity index (χ3v) is 5.87. The van der Waals surface area contributed by atoms with Crippen LogP contribution >= 0.6 is 0 Å². The number of hydrogen-bond acceptors (Lipinski definition) is 5. The van der Waals surface area contributed by atoms with Gasteiger partial charge in [0.15, 0.2) is 0 Å². The molecule has 0 atom stereocenters. The fraction of sp³-hybridized carbons (Fsp3) is 0.440. The minimum absolute atomic E-state index is 0.483. The van der Waals surface area contributed by atoms with E-state index < -0.39 is 11.8 Å². The van der Waals surface area contributed by atoms with Crippen LogP contribution in [0.3, 0.4) is 0 Å². The van der Waals surface area contributed by atoms with Gasteiger partial charge in [-0.25, -0.2) is 0 Å². The summed E-state index contributed by atoms with van der Waals surface area (Å²) < 4.78 is 5.22. The number of piperazine rings is 1. The summed E-state index contributed by atoms with van der Waals surface area (Å²) in [6.07, 6.45) is 0.810. The summed E-state index contributed by atoms with van der Waals surface area (Å²) in [5, 5.41) is 5.49. The number of benzene rings is 2. The molecule has 1 heterocycles. The lowest BCUT2D eigenvalue weighted by Gasteiger charge is -2.36. The number of carbonyl (C=O) groups excluding carboxylic acids is 2. The zero-order chi connectivity index (χ0) is 23.1. The molecule has 2 aromatic carbocycles. The van der Waals surface area contributed by atoms with E-state index >= 15 is 0 Å². The smallest absolute Gasteiger partial charge is 0.313 e. The first kappa shape index (κ1) is 23.6. The Kier molecular flexibility index (Phi) is 8.11. The molecule has 0 unspecified atom stereocenters. The third-order valence-electron chi connectivity index (χ3n) is 5.87. The highest BCUT2D eigenvalue weighted by Crippen LogP contribution is 2.22. The number of nitrogens with zero attached hydrogens (tertiary/aromatic N) is 2. The SMILES string of the molecule is COc1ccc(N2CCN(CCCNC(=O)C(=O)Nc3c(C)cc(C)cc3C)CC2)cc1. The van der Waals surface area contributed by atoms with E-state index in [9.17, 15) is 9.59 Å². The number of methoxy groups -OCH3 is 1. The minimum Gasteiger partial charge on any atom is -0.497 e. The van der Waals surface area contributed by atoms with Crippen LogP contribution in [0.5, 0.6) is 5.75 Å². The molecular weight excluding hydrogens is 404 g/mol. The molecule has 1 saturated heterocycles. The zero-order valence-electron chi connectivity index (χ0n) is 19.5. The second kappa shape index (κ2) is 11.0. The molecule has 0 radical (unpaired) electrons. The van der Waals surface area contributed by atoms with Crippen LogP contribution in [0.25, 0.3) is 0 Å². The maximum atomic E-state index is 12.3. The Hall–Kier alpha value is -3.06. The van der Waals surface area contributed by atoms with Gasteiger partial charge in [0, 0.05) is 44.1 Å². The molecule has 7 nitrogen and oxygen atoms in total. The van der Waals surface area contributed by atoms with Crippen molar-refractivity contribution in [2.75, 3.05) is 56.6 Å². The van der Waals surface area contributed by atoms with E-state index in [4.69, 9.17) is 4.74 Å². The molecule has 2 aromatic rings. The summed E-state index contributed by atoms with van der Waals surface area (Å²) in [4.78, 5) is 29.2. The minimum atomic E-state index is -0.617. The van der Waals surface area contributed by atoms with Crippen LogP contribution in [-0.2, 0) is 9.59 Å². The average Bonchev–Trinajstić information content (AvgIpc) is 2.79. The number of amides is 2. The van der Waals surface area contributed by atoms with Gasteiger partial charge < -0.3 is 20.3 Å². The fourth-order valence-corrected chi connectivity index (χ4v) is 4.16. The van der Waals surface area contributed by atoms with Crippen molar-refractivity contribution < 1.29 is 14.3 Å². The van der Waals surface area contributed by atoms with Crippen LogP contribution in [0.2, 0.25) is 0 Å². The molecule has 3 rings (SSSR count). The second-order valence-electron chi connectivity index (χ2n) is 8.36. The third kappa shape index (κ3) is 6.23. The summed E-state index contributed by atoms with van der Waals surface area (Å²) in [5.41, 5.74) is 4.97. The van der Waals surface area contributed by atoms with Gasteiger partial charge in [-0.1, -0.05) is 17.7 Å². The van der Waals surface area contributed by atoms with Gasteiger partial charge in [0.25, 0.3) is 0 Å². The highest BCUT2D eigenvalue weighted by Gasteiger charge is 2.18. The van der Waals surface area contributed by atoms with Gasteiger partial charge in [0.2, 0.25) is 0 Å². The number of hydrogen-bond donors (Lipinski definition) is 2. The Morgan fingerprint density at radius 1 is 0.938 bits per heavy atom. The quantitative estimate of drug-likeness (QED) is 0.514. The van der Waals surface area contributed by atoms with Gasteiger partial charge in [0.05, 0.1) is 7.11 Å². The average molecular weight is 439 g/mol. The van der Waals surface area contributed by atoms with E-state index in [2.05, 4.69) is 32.6 Å². The maximum Gasteiger partial charge on any atom is 0.313 e. The summed E-state index contributed by atoms with van der Waals surface area (Å²) in [6.45, 7) is 11.2. The topological polar surface area (TPSA) is 73.9 Å². The molecule has 0 spiro atoms. The molecule has 0 aliphatic carbocycles. The molecule has 0 bridgehead atoms. The highest BCUT2D eigenvalue weighted by molar-refractivity contribution is 6.39. The Labute approximate surface area is 190 Å². The second-order valence-corrected chi connectivity index (χ2v) is 8.36. The monoisotopic (exact) mass is 438 g/mol. The van der Waals surface area contributed by atoms with Gasteiger partial charge in [0.1, 0.15) is 5.75 Å². The van der Waals surface area contributed by atoms with Gasteiger partial charge in [-0.3, -0.25) is 14.5 Å². The van der Waals surface area contributed by atoms with Crippen LogP contribution in [-0.4, -0.2) is 63.1 Å². The lowest BCUT2D eigenvalue weighted by Crippen LogP contribution is -2.47. The fourth-order valence-electron chi connectivity index (χ4n) is 4.16. The number of rotatable bonds is 7. The van der Waals surface area contributed by atoms with E-state index in [1.165, 1.54) is 5.69 Å². The molecule has 7 heteroatoms. The van der Waals surface area contributed by atoms with Crippen molar-refractivity contribution in [3.8, 4) is 5.75 Å². The van der Waals surface area contributed by atoms with Crippen LogP contribution in [0.4, 0.5) is 11.4 Å². The summed E-state index contributed by atoms with van der Waals surface area (Å²) in [7, 11) is 1.68. The first-order chi connectivity index (χ1) is 15.4. The van der Waals surface area contributed by atoms with E-state index in [1.807, 2.05) is 45.0 Å². The van der Waals surface area contributed by atoms with E-state index in [-0.39, 0.29) is 0 Å². The first-order valence-electron chi connectivity index (χ1n) is 11.2. The highest BCUT2D eigenvalue weighted by atomic mass is 16.5. The lowest BCUT2D eigenvalue weighted by atomic mass is 10.1. The molecule has 1 fully saturated rings. The molecule has 2 N–H and O–H groups in total. The Morgan fingerprint density at radius 3 is 2.16 bits per heavy atom. The first-order valence-corrected chi connectivity index (χ1v) is 11.2. The number of anilines is 2. The van der Waals surface area contributed by atoms with E-state index in [1.54, 1.807) is 7.11 Å². The van der Waals surface area contributed by atoms with Gasteiger partial charge in [-0.15, -0.1) is 0 Å². The molecular formula is C25H34N4O3. The van der Waals surface area contributed by atoms with Crippen LogP contribution in [0, 0.1) is 20.8 Å². The van der Waals surface area contributed by atoms with Crippen molar-refractivity contribution in [3.05, 3.63) is 53.1 Å². The zero-order valence-corrected chi connectivity index (χ0v) is 19.5. The predicted molar refractivity (Wildman–Crippen MR) is 129 cm³/mol. The van der Waals surface area contributed by atoms with E-state index in [0.29, 0.717) is 12.2 Å². The van der Waals surface area contributed by atoms with Crippen molar-refractivity contribution in [2.24, 2.45) is 0 Å². The van der Waals surface area contributed by atoms with Crippen LogP contribution in [0.15, 0.2) is 36.4 Å². The normalized spacial score (nSPS) is 14.2. The number of nitrogens with one attached hydrogen (secondary N) is 2. The standard InChI is InChI=1S/C25H34N4O3/c1-18-16-19(2)23(20(3)17-18)27-25(31)24(30)26-10-5-11-28-12-14-29(15-13-28)21-6-8-22(32-4)9-7-21/h6-9,16-17H,5,10-15H2,1-4H3,(H,26,30)(H,27,31). The lowest BCUT2D eigenvalue weighted by molar-refractivity contribution is -0.136. The molecule has 0 saturated carbocycles. The molecule has 1 aliphatic rings. The molecule has 172 valence electrons. The number of ether oxygens (including phenoxy) is 1. The van der Waals surface area contributed by atoms with Crippen molar-refractivity contribution in [3.63, 3.8) is 0 Å². The molecule has 2 amide bonds. The van der Waals surface area contributed by atoms with E-state index in [0.717, 1.165) is 61.6 Å². The van der Waals surface area contributed by atoms with Crippen molar-refractivity contribution in [1.29, 1.82) is 0 Å². The van der Waals surface area contributed by atoms with Crippen molar-refractivity contribution in [1.82, 2.24) is 10.2 Å². The maximum absolute atomic E-state index is 12.3. The van der Waals surface area contributed by atoms with Crippen molar-refractivity contribution >= 4 is 23.2 Å². The van der Waals surface area contributed by atoms with Crippen molar-refractivity contribution in [2.45, 2.75) is 27.2 Å². The Bertz CT molecular complexity index is 912. The van der Waals surface area contributed by atoms with Gasteiger partial charge in [-0.2, -0.15) is 0 Å². The Morgan fingerprint density at radius 2 is 1.56 bits per heavy atom. The Balaban J connectivity index is 1.35. The predicted octanol–water partition coefficient (Wildman–Crippen LogP) is 2.89. The van der Waals surface area contributed by atoms with Crippen LogP contribution in [0.1, 0.15) is 23.1 Å².